The smallest absolute Gasteiger partial charge is 0.280 e. The molecule has 0 radical (unpaired) electrons. The molecule has 2 aliphatic rings. The van der Waals surface area contributed by atoms with E-state index in [1.165, 1.54) is 15.8 Å². The second kappa shape index (κ2) is 24.0. The fraction of sp³-hybridized carbons (Fsp3) is 0.354. The number of amides is 5. The van der Waals surface area contributed by atoms with E-state index in [1.807, 2.05) is 30.3 Å². The van der Waals surface area contributed by atoms with E-state index in [0.29, 0.717) is 84.3 Å². The third-order valence-electron chi connectivity index (χ3n) is 11.4. The van der Waals surface area contributed by atoms with Gasteiger partial charge in [0, 0.05) is 78.6 Å². The molecular formula is C48H60N13O6+. The summed E-state index contributed by atoms with van der Waals surface area (Å²) in [5.41, 5.74) is 17.3. The lowest BCUT2D eigenvalue weighted by Gasteiger charge is -2.29. The van der Waals surface area contributed by atoms with Crippen molar-refractivity contribution in [3.8, 4) is 5.75 Å². The maximum atomic E-state index is 13.1. The van der Waals surface area contributed by atoms with Crippen LogP contribution >= 0.6 is 0 Å². The van der Waals surface area contributed by atoms with Gasteiger partial charge in [-0.1, -0.05) is 37.1 Å². The first-order valence-corrected chi connectivity index (χ1v) is 22.4. The lowest BCUT2D eigenvalue weighted by atomic mass is 10.0. The minimum absolute atomic E-state index is 0.140. The van der Waals surface area contributed by atoms with Gasteiger partial charge in [-0.2, -0.15) is 5.41 Å². The van der Waals surface area contributed by atoms with Crippen LogP contribution in [-0.2, 0) is 27.5 Å². The minimum Gasteiger partial charge on any atom is -0.494 e. The maximum absolute atomic E-state index is 13.1. The Hall–Kier alpha value is -7.67. The van der Waals surface area contributed by atoms with Crippen LogP contribution in [0.4, 0.5) is 11.4 Å². The van der Waals surface area contributed by atoms with Gasteiger partial charge in [0.15, 0.2) is 0 Å². The molecule has 5 amide bonds. The zero-order valence-electron chi connectivity index (χ0n) is 37.8. The van der Waals surface area contributed by atoms with Gasteiger partial charge in [0.25, 0.3) is 17.6 Å². The second-order valence-corrected chi connectivity index (χ2v) is 16.4. The van der Waals surface area contributed by atoms with Crippen molar-refractivity contribution in [3.05, 3.63) is 125 Å². The van der Waals surface area contributed by atoms with E-state index < -0.39 is 11.9 Å². The number of carbonyl (C=O) groups is 5. The molecule has 352 valence electrons. The molecule has 0 spiro atoms. The number of ether oxygens (including phenoxy) is 1. The standard InChI is InChI=1S/C48H59N13O6/c1-59(45(51)40-21-22-53-31-56-40)42(50)28-54-35-14-9-12-33(26-35)46(64)55-27-32-11-8-15-36(25-32)67-24-7-3-2-6-23-60(52)29-34(49)13-4-5-18-43(62)57-39-17-10-16-37-38(39)30-61(48(37)66)41-19-20-44(63)58-47(41)65/h8-12,14-17,21-22,25-26,29,31,41,50-51,54H,2-7,13,18-20,23-24,27-28,30,49,52H2,1H3,(H3,55,57,58,62,63,64,65)/p+1/b34-29-,51-45?. The topological polar surface area (TPSA) is 280 Å². The Bertz CT molecular complexity index is 2490. The van der Waals surface area contributed by atoms with Gasteiger partial charge in [0.2, 0.25) is 23.6 Å². The van der Waals surface area contributed by atoms with E-state index in [1.54, 1.807) is 66.9 Å². The summed E-state index contributed by atoms with van der Waals surface area (Å²) in [6.45, 7) is 1.96. The number of rotatable bonds is 23. The zero-order chi connectivity index (χ0) is 47.7. The van der Waals surface area contributed by atoms with Gasteiger partial charge >= 0.3 is 0 Å². The van der Waals surface area contributed by atoms with Gasteiger partial charge in [0.05, 0.1) is 13.7 Å². The minimum atomic E-state index is -0.725. The van der Waals surface area contributed by atoms with Crippen LogP contribution in [0.25, 0.3) is 0 Å². The monoisotopic (exact) mass is 914 g/mol. The average molecular weight is 915 g/mol. The Morgan fingerprint density at radius 1 is 0.985 bits per heavy atom. The van der Waals surface area contributed by atoms with Gasteiger partial charge < -0.3 is 42.1 Å². The summed E-state index contributed by atoms with van der Waals surface area (Å²) < 4.78 is 7.54. The van der Waals surface area contributed by atoms with E-state index >= 15 is 0 Å². The molecule has 1 atom stereocenters. The number of benzene rings is 3. The number of carbonyl (C=O) groups excluding carboxylic acids is 5. The molecule has 1 saturated heterocycles. The largest absolute Gasteiger partial charge is 0.494 e. The first kappa shape index (κ1) is 48.8. The molecule has 4 aromatic rings. The summed E-state index contributed by atoms with van der Waals surface area (Å²) in [6.07, 6.45) is 11.0. The third kappa shape index (κ3) is 14.2. The molecule has 67 heavy (non-hydrogen) atoms. The van der Waals surface area contributed by atoms with E-state index in [9.17, 15) is 24.0 Å². The number of allylic oxidation sites excluding steroid dienone is 1. The summed E-state index contributed by atoms with van der Waals surface area (Å²) in [5, 5.41) is 21.4. The molecule has 1 fully saturated rings. The van der Waals surface area contributed by atoms with E-state index in [4.69, 9.17) is 27.5 Å². The number of nitrogens with two attached hydrogens (primary N) is 3. The number of unbranched alkanes of at least 4 members (excludes halogenated alkanes) is 4. The van der Waals surface area contributed by atoms with Crippen LogP contribution in [0.1, 0.15) is 102 Å². The van der Waals surface area contributed by atoms with Crippen LogP contribution in [0.2, 0.25) is 0 Å². The van der Waals surface area contributed by atoms with Crippen LogP contribution in [0.3, 0.4) is 0 Å². The molecule has 19 heteroatoms. The van der Waals surface area contributed by atoms with Gasteiger partial charge in [-0.3, -0.25) is 29.3 Å². The molecule has 2 aliphatic heterocycles. The van der Waals surface area contributed by atoms with E-state index in [0.717, 1.165) is 37.0 Å². The summed E-state index contributed by atoms with van der Waals surface area (Å²) in [6, 6.07) is 20.8. The van der Waals surface area contributed by atoms with Crippen molar-refractivity contribution < 1.29 is 33.3 Å². The van der Waals surface area contributed by atoms with Crippen LogP contribution in [0.5, 0.6) is 5.75 Å². The lowest BCUT2D eigenvalue weighted by Crippen LogP contribution is -2.52. The fourth-order valence-corrected chi connectivity index (χ4v) is 7.67. The highest BCUT2D eigenvalue weighted by Crippen LogP contribution is 2.32. The molecule has 6 rings (SSSR count). The number of nitrogens with zero attached hydrogens (tertiary/aromatic N) is 5. The summed E-state index contributed by atoms with van der Waals surface area (Å²) in [4.78, 5) is 72.4. The van der Waals surface area contributed by atoms with E-state index in [2.05, 4.69) is 31.2 Å². The maximum Gasteiger partial charge on any atom is 0.280 e. The third-order valence-corrected chi connectivity index (χ3v) is 11.4. The van der Waals surface area contributed by atoms with Crippen molar-refractivity contribution in [3.63, 3.8) is 0 Å². The number of amidine groups is 2. The quantitative estimate of drug-likeness (QED) is 0.0100. The Balaban J connectivity index is 0.813. The van der Waals surface area contributed by atoms with Crippen molar-refractivity contribution in [2.24, 2.45) is 17.3 Å². The van der Waals surface area contributed by atoms with E-state index in [-0.39, 0.29) is 61.8 Å². The molecule has 0 aliphatic carbocycles. The highest BCUT2D eigenvalue weighted by molar-refractivity contribution is 6.07. The fourth-order valence-electron chi connectivity index (χ4n) is 7.67. The number of anilines is 2. The summed E-state index contributed by atoms with van der Waals surface area (Å²) in [7, 11) is 1.69. The number of nitrogens with one attached hydrogen (secondary N) is 5. The van der Waals surface area contributed by atoms with Crippen molar-refractivity contribution in [1.29, 1.82) is 5.41 Å². The van der Waals surface area contributed by atoms with Gasteiger partial charge in [-0.25, -0.2) is 20.4 Å². The van der Waals surface area contributed by atoms with Crippen molar-refractivity contribution in [1.82, 2.24) is 30.5 Å². The lowest BCUT2D eigenvalue weighted by molar-refractivity contribution is -0.373. The molecule has 1 aromatic heterocycles. The van der Waals surface area contributed by atoms with Gasteiger partial charge in [-0.05, 0) is 92.6 Å². The predicted molar refractivity (Wildman–Crippen MR) is 253 cm³/mol. The summed E-state index contributed by atoms with van der Waals surface area (Å²) in [5.74, 6) is 5.95. The first-order valence-electron chi connectivity index (χ1n) is 22.4. The molecule has 0 bridgehead atoms. The number of piperidine rings is 1. The number of hydrogen-bond acceptors (Lipinski definition) is 13. The SMILES string of the molecule is C[N+](C(=N)c1ccncn1)=C(N)CNc1cccc(C(=O)NCc2cccc(OCCCCCCN(N)/C=C(\N)CCCCC(=O)Nc3cccc4c3CN(C3CCC(=O)NC3=O)C4=O)c2)c1. The normalized spacial score (nSPS) is 15.0. The molecule has 1 unspecified atom stereocenters. The van der Waals surface area contributed by atoms with Crippen LogP contribution in [0.15, 0.2) is 97.2 Å². The van der Waals surface area contributed by atoms with Gasteiger partial charge in [0.1, 0.15) is 30.4 Å². The Kier molecular flexibility index (Phi) is 17.5. The van der Waals surface area contributed by atoms with Gasteiger partial charge in [-0.15, -0.1) is 0 Å². The van der Waals surface area contributed by atoms with Crippen molar-refractivity contribution in [2.75, 3.05) is 37.4 Å². The number of hydrazine groups is 1. The highest BCUT2D eigenvalue weighted by atomic mass is 16.5. The summed E-state index contributed by atoms with van der Waals surface area (Å²) >= 11 is 0. The Morgan fingerprint density at radius 2 is 1.78 bits per heavy atom. The van der Waals surface area contributed by atoms with Crippen molar-refractivity contribution >= 4 is 52.6 Å². The molecule has 3 heterocycles. The van der Waals surface area contributed by atoms with Crippen molar-refractivity contribution in [2.45, 2.75) is 83.3 Å². The second-order valence-electron chi connectivity index (χ2n) is 16.4. The molecule has 19 nitrogen and oxygen atoms in total. The zero-order valence-corrected chi connectivity index (χ0v) is 37.8. The Labute approximate surface area is 389 Å². The number of imide groups is 1. The van der Waals surface area contributed by atoms with Crippen LogP contribution < -0.4 is 43.3 Å². The first-order chi connectivity index (χ1) is 32.4. The number of fused-ring (bicyclic) bond motifs is 1. The van der Waals surface area contributed by atoms with Crippen LogP contribution in [-0.4, -0.2) is 98.4 Å². The highest BCUT2D eigenvalue weighted by Gasteiger charge is 2.40. The molecule has 3 aromatic carbocycles. The van der Waals surface area contributed by atoms with Crippen LogP contribution in [0, 0.1) is 5.41 Å². The molecular weight excluding hydrogens is 855 g/mol. The molecule has 0 saturated carbocycles. The predicted octanol–water partition coefficient (Wildman–Crippen LogP) is 3.72. The molecule has 11 N–H and O–H groups in total. The Morgan fingerprint density at radius 3 is 2.58 bits per heavy atom. The number of aromatic nitrogens is 2. The average Bonchev–Trinajstić information content (AvgIpc) is 3.67. The number of hydrogen-bond donors (Lipinski definition) is 8.